The van der Waals surface area contributed by atoms with E-state index in [2.05, 4.69) is 10.3 Å². The highest BCUT2D eigenvalue weighted by molar-refractivity contribution is 7.09. The summed E-state index contributed by atoms with van der Waals surface area (Å²) in [5, 5.41) is 15.5. The fraction of sp³-hybridized carbons (Fsp3) is 0.688. The molecule has 5 nitrogen and oxygen atoms in total. The largest absolute Gasteiger partial charge is 0.481 e. The van der Waals surface area contributed by atoms with Gasteiger partial charge < -0.3 is 10.4 Å². The van der Waals surface area contributed by atoms with Crippen molar-refractivity contribution in [3.05, 3.63) is 16.1 Å². The number of carbonyl (C=O) groups is 2. The highest BCUT2D eigenvalue weighted by Crippen LogP contribution is 2.48. The van der Waals surface area contributed by atoms with Gasteiger partial charge in [-0.05, 0) is 43.9 Å². The summed E-state index contributed by atoms with van der Waals surface area (Å²) in [6.45, 7) is 0. The zero-order valence-electron chi connectivity index (χ0n) is 12.3. The van der Waals surface area contributed by atoms with Crippen molar-refractivity contribution in [2.45, 2.75) is 50.5 Å². The molecule has 0 spiro atoms. The van der Waals surface area contributed by atoms with Gasteiger partial charge in [-0.15, -0.1) is 11.3 Å². The van der Waals surface area contributed by atoms with Crippen molar-refractivity contribution >= 4 is 23.2 Å². The van der Waals surface area contributed by atoms with Gasteiger partial charge in [0.05, 0.1) is 23.0 Å². The Labute approximate surface area is 133 Å². The number of fused-ring (bicyclic) bond motifs is 2. The first-order chi connectivity index (χ1) is 10.6. The van der Waals surface area contributed by atoms with Crippen LogP contribution in [0.25, 0.3) is 0 Å². The molecule has 1 aromatic heterocycles. The molecule has 3 aliphatic carbocycles. The molecular formula is C16H20N2O3S. The van der Waals surface area contributed by atoms with Crippen molar-refractivity contribution in [1.82, 2.24) is 10.3 Å². The minimum Gasteiger partial charge on any atom is -0.481 e. The third-order valence-electron chi connectivity index (χ3n) is 5.37. The fourth-order valence-electron chi connectivity index (χ4n) is 4.18. The van der Waals surface area contributed by atoms with Gasteiger partial charge in [0.1, 0.15) is 0 Å². The molecule has 2 bridgehead atoms. The van der Waals surface area contributed by atoms with Crippen molar-refractivity contribution in [2.24, 2.45) is 17.8 Å². The highest BCUT2D eigenvalue weighted by atomic mass is 32.1. The molecule has 1 aromatic rings. The normalized spacial score (nSPS) is 33.1. The monoisotopic (exact) mass is 320 g/mol. The molecule has 3 fully saturated rings. The SMILES string of the molecule is O=C(Cc1csc(C2CC2)n1)N[C@@H]1[C@H]2CC[C@H](C2)[C@@H]1C(=O)O. The van der Waals surface area contributed by atoms with Crippen LogP contribution >= 0.6 is 11.3 Å². The van der Waals surface area contributed by atoms with E-state index in [0.717, 1.165) is 30.0 Å². The summed E-state index contributed by atoms with van der Waals surface area (Å²) in [5.74, 6) is -0.0522. The van der Waals surface area contributed by atoms with Gasteiger partial charge in [-0.3, -0.25) is 9.59 Å². The topological polar surface area (TPSA) is 79.3 Å². The second-order valence-corrected chi connectivity index (χ2v) is 7.81. The first kappa shape index (κ1) is 14.2. The Morgan fingerprint density at radius 1 is 1.27 bits per heavy atom. The van der Waals surface area contributed by atoms with Crippen LogP contribution in [0.5, 0.6) is 0 Å². The lowest BCUT2D eigenvalue weighted by Crippen LogP contribution is -2.47. The Morgan fingerprint density at radius 3 is 2.77 bits per heavy atom. The summed E-state index contributed by atoms with van der Waals surface area (Å²) in [6, 6.07) is -0.190. The number of rotatable bonds is 5. The lowest BCUT2D eigenvalue weighted by Gasteiger charge is -2.28. The van der Waals surface area contributed by atoms with Crippen LogP contribution in [0.3, 0.4) is 0 Å². The molecule has 0 unspecified atom stereocenters. The van der Waals surface area contributed by atoms with Gasteiger partial charge in [-0.1, -0.05) is 0 Å². The first-order valence-electron chi connectivity index (χ1n) is 8.08. The minimum atomic E-state index is -0.762. The van der Waals surface area contributed by atoms with E-state index in [1.165, 1.54) is 12.8 Å². The van der Waals surface area contributed by atoms with Crippen LogP contribution in [0, 0.1) is 17.8 Å². The maximum absolute atomic E-state index is 12.3. The highest BCUT2D eigenvalue weighted by Gasteiger charge is 2.51. The molecule has 3 saturated carbocycles. The zero-order chi connectivity index (χ0) is 15.3. The summed E-state index contributed by atoms with van der Waals surface area (Å²) in [5.41, 5.74) is 0.819. The number of amides is 1. The lowest BCUT2D eigenvalue weighted by molar-refractivity contribution is -0.144. The molecule has 22 heavy (non-hydrogen) atoms. The molecular weight excluding hydrogens is 300 g/mol. The molecule has 6 heteroatoms. The number of nitrogens with zero attached hydrogens (tertiary/aromatic N) is 1. The van der Waals surface area contributed by atoms with Crippen LogP contribution in [0.2, 0.25) is 0 Å². The smallest absolute Gasteiger partial charge is 0.308 e. The van der Waals surface area contributed by atoms with E-state index in [9.17, 15) is 14.7 Å². The Bertz CT molecular complexity index is 610. The summed E-state index contributed by atoms with van der Waals surface area (Å²) < 4.78 is 0. The third kappa shape index (κ3) is 2.53. The zero-order valence-corrected chi connectivity index (χ0v) is 13.1. The predicted octanol–water partition coefficient (Wildman–Crippen LogP) is 2.18. The van der Waals surface area contributed by atoms with Crippen molar-refractivity contribution < 1.29 is 14.7 Å². The Morgan fingerprint density at radius 2 is 2.05 bits per heavy atom. The molecule has 0 aromatic carbocycles. The Balaban J connectivity index is 1.39. The molecule has 4 atom stereocenters. The van der Waals surface area contributed by atoms with Gasteiger partial charge in [-0.25, -0.2) is 4.98 Å². The van der Waals surface area contributed by atoms with Crippen LogP contribution in [0.15, 0.2) is 5.38 Å². The first-order valence-corrected chi connectivity index (χ1v) is 8.96. The average molecular weight is 320 g/mol. The molecule has 1 amide bonds. The molecule has 3 aliphatic rings. The van der Waals surface area contributed by atoms with Crippen molar-refractivity contribution in [2.75, 3.05) is 0 Å². The molecule has 0 saturated heterocycles. The second kappa shape index (κ2) is 5.33. The van der Waals surface area contributed by atoms with Crippen LogP contribution in [0.1, 0.15) is 48.7 Å². The summed E-state index contributed by atoms with van der Waals surface area (Å²) >= 11 is 1.64. The lowest BCUT2D eigenvalue weighted by atomic mass is 9.84. The van der Waals surface area contributed by atoms with Crippen molar-refractivity contribution in [3.8, 4) is 0 Å². The number of hydrogen-bond donors (Lipinski definition) is 2. The number of carboxylic acids is 1. The van der Waals surface area contributed by atoms with E-state index in [-0.39, 0.29) is 24.3 Å². The molecule has 0 radical (unpaired) electrons. The maximum atomic E-state index is 12.3. The number of aromatic nitrogens is 1. The molecule has 0 aliphatic heterocycles. The Hall–Kier alpha value is -1.43. The van der Waals surface area contributed by atoms with E-state index < -0.39 is 11.9 Å². The van der Waals surface area contributed by atoms with Gasteiger partial charge >= 0.3 is 5.97 Å². The van der Waals surface area contributed by atoms with Crippen molar-refractivity contribution in [3.63, 3.8) is 0 Å². The second-order valence-electron chi connectivity index (χ2n) is 6.92. The summed E-state index contributed by atoms with van der Waals surface area (Å²) in [6.07, 6.45) is 5.68. The van der Waals surface area contributed by atoms with E-state index >= 15 is 0 Å². The molecule has 118 valence electrons. The molecule has 2 N–H and O–H groups in total. The summed E-state index contributed by atoms with van der Waals surface area (Å²) in [4.78, 5) is 28.3. The van der Waals surface area contributed by atoms with E-state index in [1.807, 2.05) is 5.38 Å². The third-order valence-corrected chi connectivity index (χ3v) is 6.42. The van der Waals surface area contributed by atoms with Crippen LogP contribution in [-0.2, 0) is 16.0 Å². The average Bonchev–Trinajstić information content (AvgIpc) is 2.91. The number of carbonyl (C=O) groups excluding carboxylic acids is 1. The van der Waals surface area contributed by atoms with Crippen LogP contribution in [0.4, 0.5) is 0 Å². The van der Waals surface area contributed by atoms with Crippen LogP contribution in [-0.4, -0.2) is 28.0 Å². The Kier molecular flexibility index (Phi) is 3.44. The number of carboxylic acid groups (broad SMARTS) is 1. The van der Waals surface area contributed by atoms with Crippen molar-refractivity contribution in [1.29, 1.82) is 0 Å². The van der Waals surface area contributed by atoms with E-state index in [0.29, 0.717) is 11.8 Å². The minimum absolute atomic E-state index is 0.0866. The standard InChI is InChI=1S/C16H20N2O3S/c19-12(6-11-7-22-15(17-11)8-1-2-8)18-14-10-4-3-9(5-10)13(14)16(20)21/h7-10,13-14H,1-6H2,(H,18,19)(H,20,21)/t9-,10+,13+,14-/m1/s1. The summed E-state index contributed by atoms with van der Waals surface area (Å²) in [7, 11) is 0. The van der Waals surface area contributed by atoms with Gasteiger partial charge in [0.15, 0.2) is 0 Å². The van der Waals surface area contributed by atoms with Gasteiger partial charge in [0.2, 0.25) is 5.91 Å². The van der Waals surface area contributed by atoms with Gasteiger partial charge in [0.25, 0.3) is 0 Å². The van der Waals surface area contributed by atoms with Gasteiger partial charge in [0, 0.05) is 17.3 Å². The number of aliphatic carboxylic acids is 1. The predicted molar refractivity (Wildman–Crippen MR) is 81.7 cm³/mol. The van der Waals surface area contributed by atoms with E-state index in [1.54, 1.807) is 11.3 Å². The molecule has 1 heterocycles. The number of thiazole rings is 1. The van der Waals surface area contributed by atoms with Crippen LogP contribution < -0.4 is 5.32 Å². The maximum Gasteiger partial charge on any atom is 0.308 e. The number of nitrogens with one attached hydrogen (secondary N) is 1. The van der Waals surface area contributed by atoms with Gasteiger partial charge in [-0.2, -0.15) is 0 Å². The van der Waals surface area contributed by atoms with E-state index in [4.69, 9.17) is 0 Å². The number of hydrogen-bond acceptors (Lipinski definition) is 4. The fourth-order valence-corrected chi connectivity index (χ4v) is 5.17. The quantitative estimate of drug-likeness (QED) is 0.871. The molecule has 4 rings (SSSR count).